The lowest BCUT2D eigenvalue weighted by molar-refractivity contribution is -0.146. The maximum absolute atomic E-state index is 11.7. The van der Waals surface area contributed by atoms with E-state index in [4.69, 9.17) is 14.2 Å². The number of carbonyl (C=O) groups is 3. The normalized spacial score (nSPS) is 10.5. The molecule has 0 amide bonds. The highest BCUT2D eigenvalue weighted by Crippen LogP contribution is 2.01. The maximum Gasteiger partial charge on any atom is 0.307 e. The predicted octanol–water partition coefficient (Wildman–Crippen LogP) is 1.93. The molecule has 0 spiro atoms. The zero-order chi connectivity index (χ0) is 18.2. The van der Waals surface area contributed by atoms with Crippen molar-refractivity contribution >= 4 is 17.9 Å². The van der Waals surface area contributed by atoms with Gasteiger partial charge < -0.3 is 14.2 Å². The summed E-state index contributed by atoms with van der Waals surface area (Å²) in [6.07, 6.45) is 4.52. The molecular formula is C17H31NO6. The summed E-state index contributed by atoms with van der Waals surface area (Å²) in [7, 11) is 0. The molecule has 0 bridgehead atoms. The second-order valence-electron chi connectivity index (χ2n) is 5.55. The van der Waals surface area contributed by atoms with E-state index in [1.807, 2.05) is 4.90 Å². The average Bonchev–Trinajstić information content (AvgIpc) is 2.51. The molecule has 0 aliphatic rings. The number of carbonyl (C=O) groups excluding carboxylic acids is 3. The highest BCUT2D eigenvalue weighted by molar-refractivity contribution is 5.69. The Morgan fingerprint density at radius 3 is 1.83 bits per heavy atom. The largest absolute Gasteiger partial charge is 0.466 e. The average molecular weight is 345 g/mol. The van der Waals surface area contributed by atoms with Crippen LogP contribution in [0.5, 0.6) is 0 Å². The van der Waals surface area contributed by atoms with E-state index in [0.29, 0.717) is 26.2 Å². The van der Waals surface area contributed by atoms with Gasteiger partial charge in [0, 0.05) is 33.5 Å². The molecule has 0 aliphatic carbocycles. The van der Waals surface area contributed by atoms with Gasteiger partial charge in [-0.2, -0.15) is 0 Å². The number of esters is 3. The minimum absolute atomic E-state index is 0.238. The SMILES string of the molecule is CCCCCCOC(=O)CCN(CCOC(C)=O)CCOC(C)=O. The molecule has 0 atom stereocenters. The quantitative estimate of drug-likeness (QED) is 0.270. The van der Waals surface area contributed by atoms with Crippen molar-refractivity contribution < 1.29 is 28.6 Å². The van der Waals surface area contributed by atoms with Crippen molar-refractivity contribution in [2.75, 3.05) is 39.5 Å². The first kappa shape index (κ1) is 22.4. The molecule has 0 heterocycles. The van der Waals surface area contributed by atoms with E-state index >= 15 is 0 Å². The van der Waals surface area contributed by atoms with Crippen LogP contribution in [-0.2, 0) is 28.6 Å². The summed E-state index contributed by atoms with van der Waals surface area (Å²) in [5.41, 5.74) is 0. The van der Waals surface area contributed by atoms with Crippen molar-refractivity contribution in [3.05, 3.63) is 0 Å². The molecule has 0 aromatic carbocycles. The lowest BCUT2D eigenvalue weighted by atomic mass is 10.2. The van der Waals surface area contributed by atoms with Crippen LogP contribution in [0.3, 0.4) is 0 Å². The van der Waals surface area contributed by atoms with E-state index < -0.39 is 0 Å². The van der Waals surface area contributed by atoms with Gasteiger partial charge in [0.05, 0.1) is 13.0 Å². The van der Waals surface area contributed by atoms with Gasteiger partial charge >= 0.3 is 17.9 Å². The van der Waals surface area contributed by atoms with E-state index in [9.17, 15) is 14.4 Å². The van der Waals surface area contributed by atoms with Crippen LogP contribution in [0.4, 0.5) is 0 Å². The molecule has 7 heteroatoms. The Morgan fingerprint density at radius 1 is 0.750 bits per heavy atom. The molecule has 0 saturated carbocycles. The molecule has 0 fully saturated rings. The molecular weight excluding hydrogens is 314 g/mol. The first-order valence-electron chi connectivity index (χ1n) is 8.60. The van der Waals surface area contributed by atoms with Crippen molar-refractivity contribution in [2.24, 2.45) is 0 Å². The van der Waals surface area contributed by atoms with Crippen LogP contribution in [-0.4, -0.2) is 62.3 Å². The van der Waals surface area contributed by atoms with Gasteiger partial charge in [0.2, 0.25) is 0 Å². The molecule has 0 unspecified atom stereocenters. The number of hydrogen-bond donors (Lipinski definition) is 0. The first-order valence-corrected chi connectivity index (χ1v) is 8.60. The third-order valence-electron chi connectivity index (χ3n) is 3.32. The van der Waals surface area contributed by atoms with Crippen molar-refractivity contribution in [3.8, 4) is 0 Å². The molecule has 0 N–H and O–H groups in total. The van der Waals surface area contributed by atoms with Gasteiger partial charge in [0.25, 0.3) is 0 Å². The van der Waals surface area contributed by atoms with Crippen LogP contribution >= 0.6 is 0 Å². The van der Waals surface area contributed by atoms with E-state index in [1.165, 1.54) is 13.8 Å². The number of unbranched alkanes of at least 4 members (excludes halogenated alkanes) is 3. The van der Waals surface area contributed by atoms with Crippen molar-refractivity contribution in [1.29, 1.82) is 0 Å². The molecule has 0 aromatic heterocycles. The zero-order valence-corrected chi connectivity index (χ0v) is 15.2. The minimum atomic E-state index is -0.346. The topological polar surface area (TPSA) is 82.1 Å². The van der Waals surface area contributed by atoms with Crippen LogP contribution in [0.2, 0.25) is 0 Å². The maximum atomic E-state index is 11.7. The Balaban J connectivity index is 4.00. The van der Waals surface area contributed by atoms with E-state index in [2.05, 4.69) is 6.92 Å². The smallest absolute Gasteiger partial charge is 0.307 e. The summed E-state index contributed by atoms with van der Waals surface area (Å²) in [6, 6.07) is 0. The summed E-state index contributed by atoms with van der Waals surface area (Å²) in [5.74, 6) is -0.931. The van der Waals surface area contributed by atoms with Crippen LogP contribution < -0.4 is 0 Å². The molecule has 0 saturated heterocycles. The van der Waals surface area contributed by atoms with Gasteiger partial charge in [0.1, 0.15) is 13.2 Å². The summed E-state index contributed by atoms with van der Waals surface area (Å²) >= 11 is 0. The van der Waals surface area contributed by atoms with Gasteiger partial charge in [-0.3, -0.25) is 19.3 Å². The van der Waals surface area contributed by atoms with Crippen LogP contribution in [0.1, 0.15) is 52.9 Å². The van der Waals surface area contributed by atoms with Crippen LogP contribution in [0.25, 0.3) is 0 Å². The standard InChI is InChI=1S/C17H31NO6/c1-4-5-6-7-12-24-17(21)8-9-18(10-13-22-15(2)19)11-14-23-16(3)20/h4-14H2,1-3H3. The van der Waals surface area contributed by atoms with Gasteiger partial charge in [-0.15, -0.1) is 0 Å². The van der Waals surface area contributed by atoms with Crippen molar-refractivity contribution in [2.45, 2.75) is 52.9 Å². The van der Waals surface area contributed by atoms with Crippen molar-refractivity contribution in [1.82, 2.24) is 4.90 Å². The summed E-state index contributed by atoms with van der Waals surface area (Å²) in [6.45, 7) is 7.18. The lowest BCUT2D eigenvalue weighted by Gasteiger charge is -2.21. The number of rotatable bonds is 14. The van der Waals surface area contributed by atoms with Gasteiger partial charge in [0.15, 0.2) is 0 Å². The van der Waals surface area contributed by atoms with E-state index in [0.717, 1.165) is 25.7 Å². The lowest BCUT2D eigenvalue weighted by Crippen LogP contribution is -2.34. The third-order valence-corrected chi connectivity index (χ3v) is 3.32. The molecule has 0 aliphatic heterocycles. The van der Waals surface area contributed by atoms with Crippen LogP contribution in [0, 0.1) is 0 Å². The summed E-state index contributed by atoms with van der Waals surface area (Å²) in [4.78, 5) is 35.2. The van der Waals surface area contributed by atoms with E-state index in [-0.39, 0.29) is 37.5 Å². The predicted molar refractivity (Wildman–Crippen MR) is 89.4 cm³/mol. The second kappa shape index (κ2) is 14.9. The zero-order valence-electron chi connectivity index (χ0n) is 15.2. The Labute approximate surface area is 144 Å². The van der Waals surface area contributed by atoms with Crippen LogP contribution in [0.15, 0.2) is 0 Å². The molecule has 0 rings (SSSR count). The molecule has 24 heavy (non-hydrogen) atoms. The molecule has 140 valence electrons. The highest BCUT2D eigenvalue weighted by atomic mass is 16.5. The molecule has 0 radical (unpaired) electrons. The third kappa shape index (κ3) is 15.3. The fraction of sp³-hybridized carbons (Fsp3) is 0.824. The summed E-state index contributed by atoms with van der Waals surface area (Å²) < 4.78 is 15.0. The number of ether oxygens (including phenoxy) is 3. The fourth-order valence-electron chi connectivity index (χ4n) is 2.01. The Kier molecular flexibility index (Phi) is 13.9. The van der Waals surface area contributed by atoms with Crippen molar-refractivity contribution in [3.63, 3.8) is 0 Å². The first-order chi connectivity index (χ1) is 11.5. The van der Waals surface area contributed by atoms with Gasteiger partial charge in [-0.1, -0.05) is 26.2 Å². The highest BCUT2D eigenvalue weighted by Gasteiger charge is 2.10. The second-order valence-corrected chi connectivity index (χ2v) is 5.55. The Bertz CT molecular complexity index is 352. The van der Waals surface area contributed by atoms with Gasteiger partial charge in [-0.05, 0) is 6.42 Å². The minimum Gasteiger partial charge on any atom is -0.466 e. The molecule has 0 aromatic rings. The molecule has 7 nitrogen and oxygen atoms in total. The Hall–Kier alpha value is -1.63. The fourth-order valence-corrected chi connectivity index (χ4v) is 2.01. The summed E-state index contributed by atoms with van der Waals surface area (Å²) in [5, 5.41) is 0. The van der Waals surface area contributed by atoms with Gasteiger partial charge in [-0.25, -0.2) is 0 Å². The number of nitrogens with zero attached hydrogens (tertiary/aromatic N) is 1. The van der Waals surface area contributed by atoms with E-state index in [1.54, 1.807) is 0 Å². The number of hydrogen-bond acceptors (Lipinski definition) is 7. The monoisotopic (exact) mass is 345 g/mol. The Morgan fingerprint density at radius 2 is 1.33 bits per heavy atom.